The topological polar surface area (TPSA) is 49.4 Å². The Bertz CT molecular complexity index is 922. The van der Waals surface area contributed by atoms with E-state index in [2.05, 4.69) is 5.32 Å². The summed E-state index contributed by atoms with van der Waals surface area (Å²) in [6.45, 7) is 1.05. The zero-order valence-corrected chi connectivity index (χ0v) is 16.9. The van der Waals surface area contributed by atoms with Gasteiger partial charge in [-0.2, -0.15) is 13.2 Å². The van der Waals surface area contributed by atoms with Crippen molar-refractivity contribution in [3.05, 3.63) is 71.0 Å². The molecule has 3 rings (SSSR count). The van der Waals surface area contributed by atoms with Gasteiger partial charge in [0.1, 0.15) is 5.82 Å². The standard InChI is InChI=1S/C23H24F4N2O2/c24-20-7-2-1-6-19(20)22(31)29-12-10-16(11-13-29)8-9-21(30)28-15-17-4-3-5-18(14-17)23(25,26)27/h1-7,14,16H,8-13,15H2,(H,28,30). The molecule has 1 N–H and O–H groups in total. The van der Waals surface area contributed by atoms with Crippen molar-refractivity contribution in [3.8, 4) is 0 Å². The Labute approximate surface area is 178 Å². The highest BCUT2D eigenvalue weighted by molar-refractivity contribution is 5.94. The maximum atomic E-state index is 13.8. The zero-order valence-electron chi connectivity index (χ0n) is 16.9. The highest BCUT2D eigenvalue weighted by Gasteiger charge is 2.30. The molecule has 0 aromatic heterocycles. The number of benzene rings is 2. The number of hydrogen-bond acceptors (Lipinski definition) is 2. The maximum Gasteiger partial charge on any atom is 0.416 e. The van der Waals surface area contributed by atoms with Gasteiger partial charge < -0.3 is 10.2 Å². The Morgan fingerprint density at radius 2 is 1.74 bits per heavy atom. The summed E-state index contributed by atoms with van der Waals surface area (Å²) in [5.74, 6) is -0.811. The molecular formula is C23H24F4N2O2. The lowest BCUT2D eigenvalue weighted by Crippen LogP contribution is -2.39. The number of carbonyl (C=O) groups is 2. The second-order valence-corrected chi connectivity index (χ2v) is 7.73. The minimum Gasteiger partial charge on any atom is -0.352 e. The van der Waals surface area contributed by atoms with E-state index >= 15 is 0 Å². The summed E-state index contributed by atoms with van der Waals surface area (Å²) in [6, 6.07) is 10.8. The molecule has 2 aromatic carbocycles. The van der Waals surface area contributed by atoms with Gasteiger partial charge in [0.2, 0.25) is 5.91 Å². The SMILES string of the molecule is O=C(CCC1CCN(C(=O)c2ccccc2F)CC1)NCc1cccc(C(F)(F)F)c1. The third-order valence-corrected chi connectivity index (χ3v) is 5.53. The van der Waals surface area contributed by atoms with Crippen LogP contribution in [-0.4, -0.2) is 29.8 Å². The molecule has 31 heavy (non-hydrogen) atoms. The average molecular weight is 436 g/mol. The number of piperidine rings is 1. The highest BCUT2D eigenvalue weighted by atomic mass is 19.4. The first-order valence-corrected chi connectivity index (χ1v) is 10.2. The molecule has 0 unspecified atom stereocenters. The van der Waals surface area contributed by atoms with Crippen molar-refractivity contribution >= 4 is 11.8 Å². The van der Waals surface area contributed by atoms with Gasteiger partial charge in [0.25, 0.3) is 5.91 Å². The van der Waals surface area contributed by atoms with E-state index in [0.717, 1.165) is 25.0 Å². The summed E-state index contributed by atoms with van der Waals surface area (Å²) in [6.07, 6.45) is -2.06. The van der Waals surface area contributed by atoms with Crippen LogP contribution in [0.2, 0.25) is 0 Å². The number of rotatable bonds is 6. The van der Waals surface area contributed by atoms with Crippen LogP contribution in [0.15, 0.2) is 48.5 Å². The monoisotopic (exact) mass is 436 g/mol. The molecule has 166 valence electrons. The molecule has 0 atom stereocenters. The lowest BCUT2D eigenvalue weighted by atomic mass is 9.91. The first kappa shape index (κ1) is 22.8. The highest BCUT2D eigenvalue weighted by Crippen LogP contribution is 2.29. The van der Waals surface area contributed by atoms with Crippen molar-refractivity contribution < 1.29 is 27.2 Å². The Hall–Kier alpha value is -2.90. The van der Waals surface area contributed by atoms with Gasteiger partial charge in [-0.1, -0.05) is 24.3 Å². The fourth-order valence-corrected chi connectivity index (χ4v) is 3.71. The summed E-state index contributed by atoms with van der Waals surface area (Å²) in [5.41, 5.74) is -0.283. The Kier molecular flexibility index (Phi) is 7.30. The fraction of sp³-hybridized carbons (Fsp3) is 0.391. The minimum absolute atomic E-state index is 0.0400. The summed E-state index contributed by atoms with van der Waals surface area (Å²) >= 11 is 0. The van der Waals surface area contributed by atoms with Gasteiger partial charge >= 0.3 is 6.18 Å². The third-order valence-electron chi connectivity index (χ3n) is 5.53. The third kappa shape index (κ3) is 6.29. The van der Waals surface area contributed by atoms with Crippen LogP contribution in [-0.2, 0) is 17.5 Å². The predicted molar refractivity (Wildman–Crippen MR) is 108 cm³/mol. The Balaban J connectivity index is 1.40. The van der Waals surface area contributed by atoms with Gasteiger partial charge in [-0.25, -0.2) is 4.39 Å². The van der Waals surface area contributed by atoms with Crippen LogP contribution >= 0.6 is 0 Å². The molecule has 1 heterocycles. The molecule has 1 fully saturated rings. The van der Waals surface area contributed by atoms with Crippen molar-refractivity contribution in [1.29, 1.82) is 0 Å². The van der Waals surface area contributed by atoms with E-state index in [1.54, 1.807) is 11.0 Å². The molecule has 0 radical (unpaired) electrons. The van der Waals surface area contributed by atoms with Crippen LogP contribution < -0.4 is 5.32 Å². The zero-order chi connectivity index (χ0) is 22.4. The number of amides is 2. The summed E-state index contributed by atoms with van der Waals surface area (Å²) in [4.78, 5) is 26.2. The normalized spacial score (nSPS) is 15.0. The summed E-state index contributed by atoms with van der Waals surface area (Å²) in [5, 5.41) is 2.66. The summed E-state index contributed by atoms with van der Waals surface area (Å²) < 4.78 is 52.1. The van der Waals surface area contributed by atoms with Crippen LogP contribution in [0.1, 0.15) is 47.2 Å². The van der Waals surface area contributed by atoms with E-state index in [9.17, 15) is 27.2 Å². The maximum absolute atomic E-state index is 13.8. The van der Waals surface area contributed by atoms with Gasteiger partial charge in [0, 0.05) is 26.1 Å². The predicted octanol–water partition coefficient (Wildman–Crippen LogP) is 4.79. The molecule has 0 spiro atoms. The Morgan fingerprint density at radius 3 is 2.42 bits per heavy atom. The van der Waals surface area contributed by atoms with Gasteiger partial charge in [-0.3, -0.25) is 9.59 Å². The first-order chi connectivity index (χ1) is 14.7. The second kappa shape index (κ2) is 9.94. The number of nitrogens with zero attached hydrogens (tertiary/aromatic N) is 1. The molecule has 1 aliphatic rings. The van der Waals surface area contributed by atoms with E-state index in [1.807, 2.05) is 0 Å². The van der Waals surface area contributed by atoms with E-state index in [0.29, 0.717) is 25.1 Å². The average Bonchev–Trinajstić information content (AvgIpc) is 2.76. The van der Waals surface area contributed by atoms with Crippen molar-refractivity contribution in [3.63, 3.8) is 0 Å². The van der Waals surface area contributed by atoms with E-state index in [1.165, 1.54) is 30.3 Å². The van der Waals surface area contributed by atoms with Crippen molar-refractivity contribution in [1.82, 2.24) is 10.2 Å². The lowest BCUT2D eigenvalue weighted by molar-refractivity contribution is -0.137. The molecular weight excluding hydrogens is 412 g/mol. The van der Waals surface area contributed by atoms with E-state index < -0.39 is 17.6 Å². The van der Waals surface area contributed by atoms with Crippen LogP contribution in [0, 0.1) is 11.7 Å². The summed E-state index contributed by atoms with van der Waals surface area (Å²) in [7, 11) is 0. The molecule has 2 amide bonds. The van der Waals surface area contributed by atoms with E-state index in [4.69, 9.17) is 0 Å². The quantitative estimate of drug-likeness (QED) is 0.662. The fourth-order valence-electron chi connectivity index (χ4n) is 3.71. The van der Waals surface area contributed by atoms with Gasteiger partial charge in [0.05, 0.1) is 11.1 Å². The Morgan fingerprint density at radius 1 is 1.03 bits per heavy atom. The molecule has 8 heteroatoms. The van der Waals surface area contributed by atoms with Crippen LogP contribution in [0.4, 0.5) is 17.6 Å². The molecule has 0 aliphatic carbocycles. The van der Waals surface area contributed by atoms with Crippen LogP contribution in [0.5, 0.6) is 0 Å². The first-order valence-electron chi connectivity index (χ1n) is 10.2. The van der Waals surface area contributed by atoms with Gasteiger partial charge in [-0.05, 0) is 55.0 Å². The largest absolute Gasteiger partial charge is 0.416 e. The molecule has 0 saturated carbocycles. The number of carbonyl (C=O) groups excluding carboxylic acids is 2. The smallest absolute Gasteiger partial charge is 0.352 e. The molecule has 1 saturated heterocycles. The lowest BCUT2D eigenvalue weighted by Gasteiger charge is -2.32. The van der Waals surface area contributed by atoms with E-state index in [-0.39, 0.29) is 36.3 Å². The molecule has 1 aliphatic heterocycles. The number of likely N-dealkylation sites (tertiary alicyclic amines) is 1. The van der Waals surface area contributed by atoms with Gasteiger partial charge in [0.15, 0.2) is 0 Å². The molecule has 2 aromatic rings. The number of alkyl halides is 3. The molecule has 4 nitrogen and oxygen atoms in total. The number of hydrogen-bond donors (Lipinski definition) is 1. The van der Waals surface area contributed by atoms with Crippen molar-refractivity contribution in [2.45, 2.75) is 38.4 Å². The van der Waals surface area contributed by atoms with Crippen molar-refractivity contribution in [2.75, 3.05) is 13.1 Å². The number of nitrogens with one attached hydrogen (secondary N) is 1. The van der Waals surface area contributed by atoms with Crippen LogP contribution in [0.3, 0.4) is 0 Å². The molecule has 0 bridgehead atoms. The second-order valence-electron chi connectivity index (χ2n) is 7.73. The van der Waals surface area contributed by atoms with Crippen LogP contribution in [0.25, 0.3) is 0 Å². The number of halogens is 4. The van der Waals surface area contributed by atoms with Crippen molar-refractivity contribution in [2.24, 2.45) is 5.92 Å². The minimum atomic E-state index is -4.41. The van der Waals surface area contributed by atoms with Gasteiger partial charge in [-0.15, -0.1) is 0 Å².